The maximum absolute atomic E-state index is 11.7. The highest BCUT2D eigenvalue weighted by molar-refractivity contribution is 6.35. The molecule has 7 nitrogen and oxygen atoms in total. The molecule has 126 valence electrons. The second kappa shape index (κ2) is 8.28. The molecule has 0 unspecified atom stereocenters. The zero-order valence-electron chi connectivity index (χ0n) is 13.4. The number of alkyl carbamates (subject to hydrolysis) is 1. The molecule has 1 aromatic rings. The molecule has 2 N–H and O–H groups in total. The van der Waals surface area contributed by atoms with E-state index in [1.807, 2.05) is 30.3 Å². The maximum atomic E-state index is 11.7. The Labute approximate surface area is 134 Å². The summed E-state index contributed by atoms with van der Waals surface area (Å²) in [6.07, 6.45) is -0.875. The van der Waals surface area contributed by atoms with Crippen molar-refractivity contribution in [3.63, 3.8) is 0 Å². The van der Waals surface area contributed by atoms with Gasteiger partial charge in [-0.1, -0.05) is 30.3 Å². The van der Waals surface area contributed by atoms with Gasteiger partial charge in [0.25, 0.3) is 5.78 Å². The lowest BCUT2D eigenvalue weighted by Crippen LogP contribution is -2.48. The van der Waals surface area contributed by atoms with Gasteiger partial charge in [-0.05, 0) is 26.3 Å². The number of nitrogens with one attached hydrogen (secondary N) is 1. The van der Waals surface area contributed by atoms with E-state index in [9.17, 15) is 14.4 Å². The van der Waals surface area contributed by atoms with Gasteiger partial charge in [-0.25, -0.2) is 9.59 Å². The Morgan fingerprint density at radius 2 is 1.78 bits per heavy atom. The number of carbonyl (C=O) groups is 3. The number of ether oxygens (including phenoxy) is 2. The summed E-state index contributed by atoms with van der Waals surface area (Å²) in [5.41, 5.74) is 0.109. The number of hydrogen-bond acceptors (Lipinski definition) is 5. The molecule has 0 fully saturated rings. The lowest BCUT2D eigenvalue weighted by Gasteiger charge is -2.22. The molecule has 1 aromatic carbocycles. The zero-order valence-corrected chi connectivity index (χ0v) is 13.4. The van der Waals surface area contributed by atoms with Crippen molar-refractivity contribution in [1.29, 1.82) is 0 Å². The molecule has 0 aliphatic carbocycles. The molecule has 0 aromatic heterocycles. The van der Waals surface area contributed by atoms with Crippen LogP contribution in [-0.4, -0.2) is 41.2 Å². The number of Topliss-reactive ketones (excluding diaryl/α,β-unsaturated/α-hetero) is 1. The SMILES string of the molecule is CC(C)(C)OC(=O)N[C@@H](COCc1ccccc1)C(=O)C(=O)O. The zero-order chi connectivity index (χ0) is 17.5. The Morgan fingerprint density at radius 3 is 2.30 bits per heavy atom. The number of carbonyl (C=O) groups excluding carboxylic acids is 2. The maximum Gasteiger partial charge on any atom is 0.408 e. The van der Waals surface area contributed by atoms with Gasteiger partial charge in [0.05, 0.1) is 13.2 Å². The minimum absolute atomic E-state index is 0.195. The predicted molar refractivity (Wildman–Crippen MR) is 81.9 cm³/mol. The smallest absolute Gasteiger partial charge is 0.408 e. The molecular weight excluding hydrogens is 302 g/mol. The van der Waals surface area contributed by atoms with E-state index < -0.39 is 29.5 Å². The normalized spacial score (nSPS) is 12.3. The van der Waals surface area contributed by atoms with Gasteiger partial charge in [0, 0.05) is 0 Å². The molecule has 0 saturated heterocycles. The fourth-order valence-electron chi connectivity index (χ4n) is 1.65. The second-order valence-electron chi connectivity index (χ2n) is 5.87. The number of carboxylic acid groups (broad SMARTS) is 1. The number of amides is 1. The molecule has 0 spiro atoms. The van der Waals surface area contributed by atoms with Gasteiger partial charge < -0.3 is 19.9 Å². The molecule has 0 saturated carbocycles. The third kappa shape index (κ3) is 7.42. The molecule has 0 bridgehead atoms. The number of benzene rings is 1. The summed E-state index contributed by atoms with van der Waals surface area (Å²) in [4.78, 5) is 34.2. The van der Waals surface area contributed by atoms with Gasteiger partial charge in [0.15, 0.2) is 0 Å². The van der Waals surface area contributed by atoms with Crippen molar-refractivity contribution in [3.05, 3.63) is 35.9 Å². The molecule has 1 amide bonds. The highest BCUT2D eigenvalue weighted by Crippen LogP contribution is 2.07. The van der Waals surface area contributed by atoms with Crippen molar-refractivity contribution in [3.8, 4) is 0 Å². The van der Waals surface area contributed by atoms with Crippen LogP contribution in [0.3, 0.4) is 0 Å². The summed E-state index contributed by atoms with van der Waals surface area (Å²) in [5, 5.41) is 11.0. The van der Waals surface area contributed by atoms with Crippen molar-refractivity contribution in [2.45, 2.75) is 39.0 Å². The average Bonchev–Trinajstić information content (AvgIpc) is 2.44. The van der Waals surface area contributed by atoms with Gasteiger partial charge in [0.2, 0.25) is 0 Å². The molecule has 7 heteroatoms. The van der Waals surface area contributed by atoms with E-state index in [1.54, 1.807) is 20.8 Å². The number of hydrogen-bond donors (Lipinski definition) is 2. The van der Waals surface area contributed by atoms with Crippen LogP contribution < -0.4 is 5.32 Å². The van der Waals surface area contributed by atoms with E-state index in [2.05, 4.69) is 5.32 Å². The number of aliphatic carboxylic acids is 1. The molecule has 1 atom stereocenters. The predicted octanol–water partition coefficient (Wildman–Crippen LogP) is 1.75. The van der Waals surface area contributed by atoms with Crippen LogP contribution >= 0.6 is 0 Å². The van der Waals surface area contributed by atoms with Gasteiger partial charge in [-0.15, -0.1) is 0 Å². The molecule has 0 radical (unpaired) electrons. The third-order valence-electron chi connectivity index (χ3n) is 2.61. The quantitative estimate of drug-likeness (QED) is 0.741. The molecule has 0 heterocycles. The lowest BCUT2D eigenvalue weighted by molar-refractivity contribution is -0.150. The highest BCUT2D eigenvalue weighted by Gasteiger charge is 2.28. The first-order valence-electron chi connectivity index (χ1n) is 7.07. The lowest BCUT2D eigenvalue weighted by atomic mass is 10.2. The Kier molecular flexibility index (Phi) is 6.71. The number of carboxylic acids is 1. The first-order chi connectivity index (χ1) is 10.7. The minimum Gasteiger partial charge on any atom is -0.475 e. The molecular formula is C16H21NO6. The largest absolute Gasteiger partial charge is 0.475 e. The summed E-state index contributed by atoms with van der Waals surface area (Å²) < 4.78 is 10.3. The topological polar surface area (TPSA) is 102 Å². The van der Waals surface area contributed by atoms with Crippen LogP contribution in [0, 0.1) is 0 Å². The molecule has 0 aliphatic heterocycles. The number of ketones is 1. The van der Waals surface area contributed by atoms with E-state index in [0.29, 0.717) is 0 Å². The standard InChI is InChI=1S/C16H21NO6/c1-16(2,3)23-15(21)17-12(13(18)14(19)20)10-22-9-11-7-5-4-6-8-11/h4-8,12H,9-10H2,1-3H3,(H,17,21)(H,19,20)/t12-/m0/s1. The summed E-state index contributed by atoms with van der Waals surface area (Å²) in [6, 6.07) is 7.86. The molecule has 0 aliphatic rings. The highest BCUT2D eigenvalue weighted by atomic mass is 16.6. The Hall–Kier alpha value is -2.41. The van der Waals surface area contributed by atoms with Gasteiger partial charge in [0.1, 0.15) is 11.6 Å². The number of rotatable bonds is 7. The van der Waals surface area contributed by atoms with Gasteiger partial charge >= 0.3 is 12.1 Å². The van der Waals surface area contributed by atoms with Gasteiger partial charge in [-0.3, -0.25) is 4.79 Å². The van der Waals surface area contributed by atoms with Crippen molar-refractivity contribution >= 4 is 17.8 Å². The van der Waals surface area contributed by atoms with Crippen LogP contribution in [0.2, 0.25) is 0 Å². The van der Waals surface area contributed by atoms with Crippen LogP contribution in [0.5, 0.6) is 0 Å². The van der Waals surface area contributed by atoms with E-state index in [1.165, 1.54) is 0 Å². The van der Waals surface area contributed by atoms with E-state index >= 15 is 0 Å². The summed E-state index contributed by atoms with van der Waals surface area (Å²) in [6.45, 7) is 4.91. The van der Waals surface area contributed by atoms with E-state index in [4.69, 9.17) is 14.6 Å². The second-order valence-corrected chi connectivity index (χ2v) is 5.87. The van der Waals surface area contributed by atoms with Crippen LogP contribution in [0.4, 0.5) is 4.79 Å². The molecule has 1 rings (SSSR count). The van der Waals surface area contributed by atoms with Gasteiger partial charge in [-0.2, -0.15) is 0 Å². The van der Waals surface area contributed by atoms with Crippen LogP contribution in [0.25, 0.3) is 0 Å². The molecule has 23 heavy (non-hydrogen) atoms. The van der Waals surface area contributed by atoms with Crippen molar-refractivity contribution in [2.24, 2.45) is 0 Å². The summed E-state index contributed by atoms with van der Waals surface area (Å²) >= 11 is 0. The van der Waals surface area contributed by atoms with E-state index in [0.717, 1.165) is 5.56 Å². The monoisotopic (exact) mass is 323 g/mol. The fraction of sp³-hybridized carbons (Fsp3) is 0.438. The Balaban J connectivity index is 2.60. The van der Waals surface area contributed by atoms with E-state index in [-0.39, 0.29) is 13.2 Å². The van der Waals surface area contributed by atoms with Crippen LogP contribution in [0.15, 0.2) is 30.3 Å². The minimum atomic E-state index is -1.64. The fourth-order valence-corrected chi connectivity index (χ4v) is 1.65. The Bertz CT molecular complexity index is 549. The van der Waals surface area contributed by atoms with Crippen LogP contribution in [-0.2, 0) is 25.7 Å². The van der Waals surface area contributed by atoms with Crippen molar-refractivity contribution in [1.82, 2.24) is 5.32 Å². The third-order valence-corrected chi connectivity index (χ3v) is 2.61. The summed E-state index contributed by atoms with van der Waals surface area (Å²) in [7, 11) is 0. The summed E-state index contributed by atoms with van der Waals surface area (Å²) in [5.74, 6) is -2.81. The first kappa shape index (κ1) is 18.6. The van der Waals surface area contributed by atoms with Crippen LogP contribution in [0.1, 0.15) is 26.3 Å². The van der Waals surface area contributed by atoms with Crippen molar-refractivity contribution < 1.29 is 29.0 Å². The van der Waals surface area contributed by atoms with Crippen molar-refractivity contribution in [2.75, 3.05) is 6.61 Å². The Morgan fingerprint density at radius 1 is 1.17 bits per heavy atom. The first-order valence-corrected chi connectivity index (χ1v) is 7.07. The average molecular weight is 323 g/mol.